The van der Waals surface area contributed by atoms with Gasteiger partial charge in [-0.3, -0.25) is 9.59 Å². The van der Waals surface area contributed by atoms with Crippen molar-refractivity contribution in [3.05, 3.63) is 12.7 Å². The van der Waals surface area contributed by atoms with Gasteiger partial charge in [0.25, 0.3) is 0 Å². The average Bonchev–Trinajstić information content (AvgIpc) is 3.11. The number of rotatable bonds is 41. The number of hydrogen-bond donors (Lipinski definition) is 0. The van der Waals surface area contributed by atoms with E-state index >= 15 is 0 Å². The quantitative estimate of drug-likeness (QED) is 0.0358. The molecule has 0 spiro atoms. The second kappa shape index (κ2) is 39.8. The summed E-state index contributed by atoms with van der Waals surface area (Å²) in [7, 11) is 2.24. The highest BCUT2D eigenvalue weighted by molar-refractivity contribution is 5.69. The third kappa shape index (κ3) is 36.8. The van der Waals surface area contributed by atoms with E-state index in [4.69, 9.17) is 9.47 Å². The Balaban J connectivity index is 3.89. The van der Waals surface area contributed by atoms with Gasteiger partial charge >= 0.3 is 11.9 Å². The van der Waals surface area contributed by atoms with E-state index in [1.807, 2.05) is 6.08 Å². The minimum atomic E-state index is -0.0289. The first kappa shape index (κ1) is 49.6. The van der Waals surface area contributed by atoms with Gasteiger partial charge in [0, 0.05) is 19.3 Å². The van der Waals surface area contributed by atoms with E-state index in [0.717, 1.165) is 70.9 Å². The Bertz CT molecular complexity index is 740. The molecule has 0 aliphatic rings. The van der Waals surface area contributed by atoms with Gasteiger partial charge < -0.3 is 14.4 Å². The zero-order valence-corrected chi connectivity index (χ0v) is 35.0. The molecule has 1 unspecified atom stereocenters. The Morgan fingerprint density at radius 3 is 1.18 bits per heavy atom. The van der Waals surface area contributed by atoms with Crippen LogP contribution in [0.4, 0.5) is 0 Å². The molecule has 0 saturated carbocycles. The fourth-order valence-corrected chi connectivity index (χ4v) is 7.09. The van der Waals surface area contributed by atoms with E-state index in [0.29, 0.717) is 12.8 Å². The van der Waals surface area contributed by atoms with E-state index in [9.17, 15) is 9.59 Å². The molecule has 0 N–H and O–H groups in total. The standard InChI is InChI=1S/C46H89NO4/c1-6-10-13-16-21-28-36-43(35-9-4)50-45(48)39-31-24-19-26-33-41-47(5)42-34-27-20-25-32-40-46(49)51-44(37-29-22-17-14-11-7-2)38-30-23-18-15-12-8-3/h9,43-44H,4,6-8,10-42H2,1-3,5H3. The highest BCUT2D eigenvalue weighted by Crippen LogP contribution is 2.19. The molecule has 0 aromatic carbocycles. The lowest BCUT2D eigenvalue weighted by molar-refractivity contribution is -0.150. The zero-order valence-electron chi connectivity index (χ0n) is 35.0. The van der Waals surface area contributed by atoms with E-state index in [2.05, 4.69) is 39.3 Å². The normalized spacial score (nSPS) is 12.1. The van der Waals surface area contributed by atoms with Crippen molar-refractivity contribution >= 4 is 11.9 Å². The third-order valence-electron chi connectivity index (χ3n) is 10.5. The predicted octanol–water partition coefficient (Wildman–Crippen LogP) is 14.3. The van der Waals surface area contributed by atoms with Crippen LogP contribution in [0.2, 0.25) is 0 Å². The second-order valence-corrected chi connectivity index (χ2v) is 15.8. The van der Waals surface area contributed by atoms with Crippen molar-refractivity contribution in [1.29, 1.82) is 0 Å². The molecule has 0 aliphatic heterocycles. The topological polar surface area (TPSA) is 55.8 Å². The molecule has 1 atom stereocenters. The van der Waals surface area contributed by atoms with Gasteiger partial charge in [0.1, 0.15) is 12.2 Å². The number of carbonyl (C=O) groups is 2. The van der Waals surface area contributed by atoms with Crippen molar-refractivity contribution in [2.24, 2.45) is 0 Å². The molecule has 0 aromatic heterocycles. The van der Waals surface area contributed by atoms with Gasteiger partial charge in [0.05, 0.1) is 0 Å². The lowest BCUT2D eigenvalue weighted by atomic mass is 10.0. The Hall–Kier alpha value is -1.36. The maximum Gasteiger partial charge on any atom is 0.306 e. The van der Waals surface area contributed by atoms with Gasteiger partial charge in [-0.15, -0.1) is 6.58 Å². The van der Waals surface area contributed by atoms with E-state index in [1.54, 1.807) is 0 Å². The van der Waals surface area contributed by atoms with Gasteiger partial charge in [-0.05, 0) is 84.3 Å². The summed E-state index contributed by atoms with van der Waals surface area (Å²) in [6.07, 6.45) is 41.5. The molecule has 5 nitrogen and oxygen atoms in total. The van der Waals surface area contributed by atoms with Crippen molar-refractivity contribution in [1.82, 2.24) is 4.90 Å². The second-order valence-electron chi connectivity index (χ2n) is 15.8. The molecule has 0 rings (SSSR count). The van der Waals surface area contributed by atoms with Gasteiger partial charge in [-0.2, -0.15) is 0 Å². The Morgan fingerprint density at radius 2 is 0.784 bits per heavy atom. The van der Waals surface area contributed by atoms with Crippen molar-refractivity contribution in [3.8, 4) is 0 Å². The van der Waals surface area contributed by atoms with Crippen LogP contribution in [0, 0.1) is 0 Å². The van der Waals surface area contributed by atoms with Crippen LogP contribution in [-0.2, 0) is 19.1 Å². The number of ether oxygens (including phenoxy) is 2. The van der Waals surface area contributed by atoms with Crippen molar-refractivity contribution in [3.63, 3.8) is 0 Å². The van der Waals surface area contributed by atoms with Crippen LogP contribution < -0.4 is 0 Å². The molecule has 0 heterocycles. The molecular formula is C46H89NO4. The number of unbranched alkanes of at least 4 members (excludes halogenated alkanes) is 23. The van der Waals surface area contributed by atoms with Crippen molar-refractivity contribution in [2.75, 3.05) is 20.1 Å². The molecule has 0 fully saturated rings. The number of esters is 2. The summed E-state index contributed by atoms with van der Waals surface area (Å²) in [5, 5.41) is 0. The molecule has 0 bridgehead atoms. The summed E-state index contributed by atoms with van der Waals surface area (Å²) in [6.45, 7) is 12.9. The van der Waals surface area contributed by atoms with E-state index in [-0.39, 0.29) is 24.1 Å². The van der Waals surface area contributed by atoms with Gasteiger partial charge in [-0.1, -0.05) is 162 Å². The molecule has 302 valence electrons. The molecule has 0 amide bonds. The third-order valence-corrected chi connectivity index (χ3v) is 10.5. The lowest BCUT2D eigenvalue weighted by Gasteiger charge is -2.18. The van der Waals surface area contributed by atoms with Crippen LogP contribution in [-0.4, -0.2) is 49.2 Å². The fourth-order valence-electron chi connectivity index (χ4n) is 7.09. The molecule has 0 saturated heterocycles. The maximum atomic E-state index is 12.7. The van der Waals surface area contributed by atoms with Crippen LogP contribution in [0.15, 0.2) is 12.7 Å². The van der Waals surface area contributed by atoms with Crippen LogP contribution in [0.3, 0.4) is 0 Å². The summed E-state index contributed by atoms with van der Waals surface area (Å²) in [6, 6.07) is 0. The largest absolute Gasteiger partial charge is 0.462 e. The molecule has 5 heteroatoms. The zero-order chi connectivity index (χ0) is 37.5. The highest BCUT2D eigenvalue weighted by Gasteiger charge is 2.15. The van der Waals surface area contributed by atoms with E-state index in [1.165, 1.54) is 148 Å². The first-order valence-corrected chi connectivity index (χ1v) is 22.6. The van der Waals surface area contributed by atoms with Gasteiger partial charge in [0.2, 0.25) is 0 Å². The summed E-state index contributed by atoms with van der Waals surface area (Å²) in [4.78, 5) is 27.5. The first-order chi connectivity index (χ1) is 25.0. The number of nitrogens with zero attached hydrogens (tertiary/aromatic N) is 1. The smallest absolute Gasteiger partial charge is 0.306 e. The molecule has 51 heavy (non-hydrogen) atoms. The molecule has 0 aliphatic carbocycles. The minimum Gasteiger partial charge on any atom is -0.462 e. The summed E-state index contributed by atoms with van der Waals surface area (Å²) in [5.74, 6) is 0.00587. The highest BCUT2D eigenvalue weighted by atomic mass is 16.5. The number of hydrogen-bond acceptors (Lipinski definition) is 5. The average molecular weight is 720 g/mol. The molecular weight excluding hydrogens is 631 g/mol. The van der Waals surface area contributed by atoms with Crippen LogP contribution >= 0.6 is 0 Å². The van der Waals surface area contributed by atoms with Gasteiger partial charge in [0.15, 0.2) is 0 Å². The van der Waals surface area contributed by atoms with Crippen LogP contribution in [0.1, 0.15) is 239 Å². The SMILES string of the molecule is C=CCC(CCCCCCCC)OC(=O)CCCCCCCN(C)CCCCCCCC(=O)OC(CCCCCCCC)CCCCCCCC. The summed E-state index contributed by atoms with van der Waals surface area (Å²) in [5.41, 5.74) is 0. The molecule has 0 radical (unpaired) electrons. The Morgan fingerprint density at radius 1 is 0.471 bits per heavy atom. The van der Waals surface area contributed by atoms with Crippen molar-refractivity contribution in [2.45, 2.75) is 251 Å². The van der Waals surface area contributed by atoms with Gasteiger partial charge in [-0.25, -0.2) is 0 Å². The maximum absolute atomic E-state index is 12.7. The van der Waals surface area contributed by atoms with Crippen LogP contribution in [0.25, 0.3) is 0 Å². The molecule has 0 aromatic rings. The minimum absolute atomic E-state index is 0.0115. The Kier molecular flexibility index (Phi) is 38.8. The fraction of sp³-hybridized carbons (Fsp3) is 0.913. The monoisotopic (exact) mass is 720 g/mol. The first-order valence-electron chi connectivity index (χ1n) is 22.6. The predicted molar refractivity (Wildman–Crippen MR) is 221 cm³/mol. The summed E-state index contributed by atoms with van der Waals surface area (Å²) < 4.78 is 11.8. The van der Waals surface area contributed by atoms with Crippen molar-refractivity contribution < 1.29 is 19.1 Å². The number of carbonyl (C=O) groups excluding carboxylic acids is 2. The van der Waals surface area contributed by atoms with E-state index < -0.39 is 0 Å². The lowest BCUT2D eigenvalue weighted by Crippen LogP contribution is -2.20. The Labute approximate surface area is 319 Å². The summed E-state index contributed by atoms with van der Waals surface area (Å²) >= 11 is 0. The van der Waals surface area contributed by atoms with Crippen LogP contribution in [0.5, 0.6) is 0 Å².